The quantitative estimate of drug-likeness (QED) is 0.124. The van der Waals surface area contributed by atoms with Crippen molar-refractivity contribution in [3.8, 4) is 45.0 Å². The van der Waals surface area contributed by atoms with E-state index in [1.165, 1.54) is 17.2 Å². The second-order valence-electron chi connectivity index (χ2n) is 34.6. The first kappa shape index (κ1) is 69.8. The minimum Gasteiger partial charge on any atom is -0.437 e. The predicted octanol–water partition coefficient (Wildman–Crippen LogP) is 26.6. The zero-order valence-electron chi connectivity index (χ0n) is 82.0. The van der Waals surface area contributed by atoms with Gasteiger partial charge in [0.25, 0.3) is 0 Å². The number of benzene rings is 8. The average molecular weight is 1630 g/mol. The van der Waals surface area contributed by atoms with Crippen molar-refractivity contribution >= 4 is 131 Å². The third kappa shape index (κ3) is 14.6. The molecule has 0 aliphatic heterocycles. The first-order chi connectivity index (χ1) is 63.1. The van der Waals surface area contributed by atoms with Crippen molar-refractivity contribution in [1.29, 1.82) is 0 Å². The largest absolute Gasteiger partial charge is 0.437 e. The Kier molecular flexibility index (Phi) is 18.5. The molecule has 0 amide bonds. The maximum Gasteiger partial charge on any atom is 0.227 e. The van der Waals surface area contributed by atoms with Crippen LogP contribution in [0.5, 0.6) is 0 Å². The molecule has 0 unspecified atom stereocenters. The molecule has 2 saturated carbocycles. The van der Waals surface area contributed by atoms with E-state index < -0.39 is 26.0 Å². The van der Waals surface area contributed by atoms with Gasteiger partial charge in [-0.25, -0.2) is 38.2 Å². The molecule has 2 aliphatic rings. The van der Waals surface area contributed by atoms with E-state index in [0.717, 1.165) is 256 Å². The molecule has 12 aromatic heterocycles. The number of nitrogens with zero attached hydrogens (tertiary/aromatic N) is 8. The lowest BCUT2D eigenvalue weighted by Gasteiger charge is -2.21. The zero-order chi connectivity index (χ0) is 92.8. The van der Waals surface area contributed by atoms with Crippen molar-refractivity contribution in [2.24, 2.45) is 45.9 Å². The SMILES string of the molecule is [2H]C([2H])([2H])c1c[n+](C)c(-c2c(C)c3ccccc3c3c2oc2nc(C)ccc23)cc1C.[2H]C([2H])(c1cc[n+](C)c(-c2c(C)c3ccccc3c3c2oc2nc(C)ccc23)c1)C(C)C.[2H]C([2H])(c1cc[n+](C)c(-c2c(C)c3ccccc3c3c2oc2nc(C)ccc23)c1)C1CCCC1.[2H]C([2H])(c1cc[n+](C)c(-c2c(C)c3ccccc3c3c2oc2nc(C)ccc23)c1)C1CCCCC1. The fourth-order valence-corrected chi connectivity index (χ4v) is 19.5. The lowest BCUT2D eigenvalue weighted by Crippen LogP contribution is -2.31. The minimum absolute atomic E-state index is 0.0629. The summed E-state index contributed by atoms with van der Waals surface area (Å²) in [5.74, 6) is -0.00351. The van der Waals surface area contributed by atoms with Crippen LogP contribution in [0.25, 0.3) is 176 Å². The molecule has 12 heteroatoms. The second kappa shape index (κ2) is 32.5. The number of aryl methyl sites for hydroxylation is 14. The van der Waals surface area contributed by atoms with Crippen molar-refractivity contribution < 1.29 is 48.3 Å². The molecule has 2 aliphatic carbocycles. The van der Waals surface area contributed by atoms with Crippen molar-refractivity contribution in [2.75, 3.05) is 0 Å². The molecule has 8 aromatic carbocycles. The smallest absolute Gasteiger partial charge is 0.227 e. The van der Waals surface area contributed by atoms with Crippen LogP contribution in [-0.4, -0.2) is 19.9 Å². The lowest BCUT2D eigenvalue weighted by molar-refractivity contribution is -0.660. The normalized spacial score (nSPS) is 15.0. The van der Waals surface area contributed by atoms with Crippen LogP contribution < -0.4 is 18.3 Å². The van der Waals surface area contributed by atoms with Gasteiger partial charge in [0.05, 0.1) is 22.3 Å². The Morgan fingerprint density at radius 1 is 0.333 bits per heavy atom. The summed E-state index contributed by atoms with van der Waals surface area (Å²) < 4.78 is 111. The number of fused-ring (bicyclic) bond motifs is 20. The van der Waals surface area contributed by atoms with E-state index in [0.29, 0.717) is 34.0 Å². The molecular formula is C111H110N8O4+4. The Labute approximate surface area is 732 Å². The van der Waals surface area contributed by atoms with Gasteiger partial charge in [0.1, 0.15) is 28.2 Å². The van der Waals surface area contributed by atoms with E-state index in [4.69, 9.17) is 35.0 Å². The fraction of sp³-hybridized carbons (Fsp3) is 0.279. The van der Waals surface area contributed by atoms with Gasteiger partial charge in [-0.05, 0) is 242 Å². The van der Waals surface area contributed by atoms with E-state index >= 15 is 0 Å². The van der Waals surface area contributed by atoms with E-state index in [1.54, 1.807) is 6.20 Å². The molecule has 0 radical (unpaired) electrons. The van der Waals surface area contributed by atoms with Crippen LogP contribution in [0.3, 0.4) is 0 Å². The summed E-state index contributed by atoms with van der Waals surface area (Å²) in [6.45, 7) is 19.9. The molecule has 0 spiro atoms. The second-order valence-corrected chi connectivity index (χ2v) is 34.6. The third-order valence-electron chi connectivity index (χ3n) is 25.7. The van der Waals surface area contributed by atoms with Crippen molar-refractivity contribution in [3.05, 3.63) is 286 Å². The van der Waals surface area contributed by atoms with Crippen molar-refractivity contribution in [1.82, 2.24) is 19.9 Å². The minimum atomic E-state index is -2.16. The summed E-state index contributed by atoms with van der Waals surface area (Å²) in [4.78, 5) is 18.6. The van der Waals surface area contributed by atoms with Gasteiger partial charge in [0.2, 0.25) is 45.6 Å². The van der Waals surface area contributed by atoms with E-state index in [1.807, 2.05) is 177 Å². The standard InChI is InChI=1S/C30H31N2O.C29H29N2O.C27H27N2O.C25H23N2O/c1-19-13-14-25-28-24-12-8-7-11-23(24)20(2)27(29(28)33-30(25)31-19)26-18-22(15-16-32(26)3)17-21-9-5-4-6-10-21;1-18-12-13-24-27-23-11-7-6-10-22(23)19(2)26(28(27)32-29(24)30-18)25-17-21(14-15-31(25)3)16-20-8-4-5-9-20;1-16(2)14-19-12-13-29(5)23(15-19)24-18(4)20-8-6-7-9-21(20)25-22-11-10-17(3)28-27(22)30-26(24)25;1-14-12-21(27(5)13-15(14)2)22-17(4)18-8-6-7-9-19(18)23-20-11-10-16(3)26-25(20)28-24(22)23/h7-8,11-16,18,21H,4-6,9-10,17H2,1-3H3;6-7,10-15,17,20H,4-5,8-9,16H2,1-3H3;6-13,15-16H,14H2,1-5H3;6-13H,1-5H3/q4*+1/i17D2;16D2;14D2;2D3. The highest BCUT2D eigenvalue weighted by Gasteiger charge is 2.32. The molecule has 2 fully saturated rings. The van der Waals surface area contributed by atoms with E-state index in [-0.39, 0.29) is 17.8 Å². The van der Waals surface area contributed by atoms with Crippen molar-refractivity contribution in [2.45, 2.75) is 160 Å². The molecule has 12 nitrogen and oxygen atoms in total. The Hall–Kier alpha value is -12.8. The summed E-state index contributed by atoms with van der Waals surface area (Å²) >= 11 is 0. The number of rotatable bonds is 10. The molecule has 0 saturated heterocycles. The van der Waals surface area contributed by atoms with Gasteiger partial charge in [-0.15, -0.1) is 0 Å². The first-order valence-corrected chi connectivity index (χ1v) is 43.5. The fourth-order valence-electron chi connectivity index (χ4n) is 19.5. The molecule has 20 aromatic rings. The summed E-state index contributed by atoms with van der Waals surface area (Å²) in [5, 5.41) is 17.5. The monoisotopic (exact) mass is 1630 g/mol. The molecule has 0 atom stereocenters. The lowest BCUT2D eigenvalue weighted by atomic mass is 9.84. The highest BCUT2D eigenvalue weighted by Crippen LogP contribution is 2.48. The molecule has 0 bridgehead atoms. The van der Waals surface area contributed by atoms with Gasteiger partial charge >= 0.3 is 0 Å². The summed E-state index contributed by atoms with van der Waals surface area (Å²) in [6, 6.07) is 63.9. The number of hydrogen-bond acceptors (Lipinski definition) is 8. The highest BCUT2D eigenvalue weighted by atomic mass is 16.4. The molecule has 22 rings (SSSR count). The molecule has 614 valence electrons. The third-order valence-corrected chi connectivity index (χ3v) is 25.7. The average Bonchev–Trinajstić information content (AvgIpc) is 1.57. The highest BCUT2D eigenvalue weighted by molar-refractivity contribution is 6.26. The van der Waals surface area contributed by atoms with Gasteiger partial charge in [-0.1, -0.05) is 169 Å². The van der Waals surface area contributed by atoms with Gasteiger partial charge in [-0.3, -0.25) is 0 Å². The Bertz CT molecular complexity index is 8090. The van der Waals surface area contributed by atoms with Crippen LogP contribution in [0.2, 0.25) is 0 Å². The molecule has 0 N–H and O–H groups in total. The van der Waals surface area contributed by atoms with E-state index in [2.05, 4.69) is 167 Å². The van der Waals surface area contributed by atoms with Crippen LogP contribution in [0.15, 0.2) is 231 Å². The molecular weight excluding hydrogens is 1510 g/mol. The predicted molar refractivity (Wildman–Crippen MR) is 504 cm³/mol. The summed E-state index contributed by atoms with van der Waals surface area (Å²) in [7, 11) is 7.93. The summed E-state index contributed by atoms with van der Waals surface area (Å²) in [5.41, 5.74) is 24.9. The number of aromatic nitrogens is 8. The summed E-state index contributed by atoms with van der Waals surface area (Å²) in [6.07, 6.45) is 13.0. The maximum atomic E-state index is 9.07. The van der Waals surface area contributed by atoms with Gasteiger partial charge in [0.15, 0.2) is 47.1 Å². The number of furan rings is 4. The molecule has 123 heavy (non-hydrogen) atoms. The van der Waals surface area contributed by atoms with Crippen LogP contribution in [0.1, 0.15) is 157 Å². The van der Waals surface area contributed by atoms with Gasteiger partial charge in [-0.2, -0.15) is 0 Å². The van der Waals surface area contributed by atoms with Crippen LogP contribution in [-0.2, 0) is 47.3 Å². The van der Waals surface area contributed by atoms with Gasteiger partial charge in [0, 0.05) is 126 Å². The van der Waals surface area contributed by atoms with Crippen LogP contribution >= 0.6 is 0 Å². The van der Waals surface area contributed by atoms with Crippen molar-refractivity contribution in [3.63, 3.8) is 0 Å². The topological polar surface area (TPSA) is 120 Å². The maximum absolute atomic E-state index is 9.07. The van der Waals surface area contributed by atoms with Gasteiger partial charge < -0.3 is 17.7 Å². The van der Waals surface area contributed by atoms with E-state index in [9.17, 15) is 0 Å². The number of pyridine rings is 8. The zero-order valence-corrected chi connectivity index (χ0v) is 73.0. The first-order valence-electron chi connectivity index (χ1n) is 48.0. The Balaban J connectivity index is 0.000000114. The molecule has 12 heterocycles. The number of hydrogen-bond donors (Lipinski definition) is 0. The Morgan fingerprint density at radius 2 is 0.618 bits per heavy atom. The van der Waals surface area contributed by atoms with Crippen LogP contribution in [0.4, 0.5) is 0 Å². The van der Waals surface area contributed by atoms with Crippen LogP contribution in [0, 0.1) is 86.9 Å². The Morgan fingerprint density at radius 3 is 0.927 bits per heavy atom.